The summed E-state index contributed by atoms with van der Waals surface area (Å²) in [6.45, 7) is 0. The molecule has 0 fully saturated rings. The lowest BCUT2D eigenvalue weighted by Crippen LogP contribution is -2.09. The Morgan fingerprint density at radius 2 is 0.701 bits per heavy atom. The Morgan fingerprint density at radius 3 is 1.22 bits per heavy atom. The number of anilines is 6. The molecule has 0 atom stereocenters. The Balaban J connectivity index is 0.869. The molecule has 10 aromatic carbocycles. The minimum atomic E-state index is 0.983. The summed E-state index contributed by atoms with van der Waals surface area (Å²) >= 11 is 1.73. The fourth-order valence-corrected chi connectivity index (χ4v) is 10.9. The molecule has 316 valence electrons. The van der Waals surface area contributed by atoms with Crippen LogP contribution in [0.2, 0.25) is 0 Å². The van der Waals surface area contributed by atoms with Gasteiger partial charge < -0.3 is 18.9 Å². The van der Waals surface area contributed by atoms with E-state index in [1.807, 2.05) is 0 Å². The first-order valence-corrected chi connectivity index (χ1v) is 23.4. The third-order valence-electron chi connectivity index (χ3n) is 12.9. The molecule has 0 spiro atoms. The number of para-hydroxylation sites is 6. The maximum atomic E-state index is 5.20. The van der Waals surface area contributed by atoms with Crippen LogP contribution in [0.1, 0.15) is 0 Å². The third kappa shape index (κ3) is 6.65. The maximum absolute atomic E-state index is 5.20. The minimum Gasteiger partial charge on any atom is -0.310 e. The Morgan fingerprint density at radius 1 is 0.313 bits per heavy atom. The van der Waals surface area contributed by atoms with E-state index in [0.29, 0.717) is 0 Å². The normalized spacial score (nSPS) is 11.6. The van der Waals surface area contributed by atoms with Crippen molar-refractivity contribution in [2.45, 2.75) is 0 Å². The van der Waals surface area contributed by atoms with E-state index in [-0.39, 0.29) is 0 Å². The van der Waals surface area contributed by atoms with Gasteiger partial charge in [0, 0.05) is 72.6 Å². The number of rotatable bonds is 9. The third-order valence-corrected chi connectivity index (χ3v) is 14.0. The highest BCUT2D eigenvalue weighted by atomic mass is 32.1. The van der Waals surface area contributed by atoms with Crippen LogP contribution in [0.3, 0.4) is 0 Å². The van der Waals surface area contributed by atoms with E-state index in [1.165, 1.54) is 43.6 Å². The molecule has 13 rings (SSSR count). The highest BCUT2D eigenvalue weighted by molar-refractivity contribution is 7.21. The maximum Gasteiger partial charge on any atom is 0.124 e. The standard InChI is InChI=1S/C61H41N5S/c1-5-17-43(18-6-1)63(48-34-37-58-53(39-48)51-25-13-15-27-56(51)65(58)45-21-9-3-10-22-45)47-31-29-42(30-32-47)61-62-55-36-33-50(41-60(55)67-61)64(44-19-7-2-8-20-44)49-35-38-59-54(40-49)52-26-14-16-28-57(52)66(59)46-23-11-4-12-24-46/h1-41H. The second-order valence-corrected chi connectivity index (χ2v) is 17.9. The van der Waals surface area contributed by atoms with Gasteiger partial charge in [0.1, 0.15) is 5.01 Å². The Bertz CT molecular complexity index is 3910. The van der Waals surface area contributed by atoms with Crippen LogP contribution in [-0.4, -0.2) is 14.1 Å². The predicted molar refractivity (Wildman–Crippen MR) is 283 cm³/mol. The molecule has 67 heavy (non-hydrogen) atoms. The zero-order valence-corrected chi connectivity index (χ0v) is 37.1. The zero-order valence-electron chi connectivity index (χ0n) is 36.3. The van der Waals surface area contributed by atoms with Gasteiger partial charge in [0.15, 0.2) is 0 Å². The van der Waals surface area contributed by atoms with Gasteiger partial charge in [-0.15, -0.1) is 11.3 Å². The molecule has 0 radical (unpaired) electrons. The number of benzene rings is 10. The molecule has 6 heteroatoms. The van der Waals surface area contributed by atoms with Crippen LogP contribution in [0.25, 0.3) is 75.8 Å². The molecular formula is C61H41N5S. The van der Waals surface area contributed by atoms with Gasteiger partial charge in [-0.2, -0.15) is 0 Å². The summed E-state index contributed by atoms with van der Waals surface area (Å²) in [5.74, 6) is 0. The number of thiazole rings is 1. The van der Waals surface area contributed by atoms with E-state index in [2.05, 4.69) is 268 Å². The van der Waals surface area contributed by atoms with E-state index in [4.69, 9.17) is 4.98 Å². The van der Waals surface area contributed by atoms with Gasteiger partial charge in [0.2, 0.25) is 0 Å². The molecule has 0 aliphatic carbocycles. The van der Waals surface area contributed by atoms with Gasteiger partial charge in [-0.1, -0.05) is 109 Å². The van der Waals surface area contributed by atoms with Crippen LogP contribution in [0.15, 0.2) is 249 Å². The van der Waals surface area contributed by atoms with Crippen molar-refractivity contribution >= 4 is 99.3 Å². The molecular weight excluding hydrogens is 835 g/mol. The molecule has 0 aliphatic heterocycles. The second kappa shape index (κ2) is 16.1. The van der Waals surface area contributed by atoms with Crippen molar-refractivity contribution in [2.75, 3.05) is 9.80 Å². The zero-order chi connectivity index (χ0) is 44.3. The van der Waals surface area contributed by atoms with E-state index >= 15 is 0 Å². The van der Waals surface area contributed by atoms with Gasteiger partial charge in [-0.25, -0.2) is 4.98 Å². The minimum absolute atomic E-state index is 0.983. The van der Waals surface area contributed by atoms with Crippen molar-refractivity contribution in [3.8, 4) is 21.9 Å². The molecule has 13 aromatic rings. The van der Waals surface area contributed by atoms with Crippen molar-refractivity contribution in [2.24, 2.45) is 0 Å². The fraction of sp³-hybridized carbons (Fsp3) is 0. The highest BCUT2D eigenvalue weighted by Crippen LogP contribution is 2.44. The van der Waals surface area contributed by atoms with Crippen LogP contribution in [-0.2, 0) is 0 Å². The molecule has 5 nitrogen and oxygen atoms in total. The van der Waals surface area contributed by atoms with E-state index < -0.39 is 0 Å². The first-order valence-electron chi connectivity index (χ1n) is 22.6. The summed E-state index contributed by atoms with van der Waals surface area (Å²) < 4.78 is 5.86. The average molecular weight is 876 g/mol. The molecule has 0 saturated carbocycles. The van der Waals surface area contributed by atoms with E-state index in [1.54, 1.807) is 11.3 Å². The molecule has 0 aliphatic rings. The first kappa shape index (κ1) is 38.7. The lowest BCUT2D eigenvalue weighted by Gasteiger charge is -2.26. The molecule has 0 amide bonds. The summed E-state index contributed by atoms with van der Waals surface area (Å²) in [7, 11) is 0. The van der Waals surface area contributed by atoms with Crippen molar-refractivity contribution in [3.05, 3.63) is 249 Å². The van der Waals surface area contributed by atoms with Crippen LogP contribution >= 0.6 is 11.3 Å². The molecule has 0 bridgehead atoms. The van der Waals surface area contributed by atoms with Crippen molar-refractivity contribution in [1.29, 1.82) is 0 Å². The lowest BCUT2D eigenvalue weighted by molar-refractivity contribution is 1.18. The fourth-order valence-electron chi connectivity index (χ4n) is 9.89. The molecule has 0 saturated heterocycles. The number of fused-ring (bicyclic) bond motifs is 7. The topological polar surface area (TPSA) is 29.2 Å². The smallest absolute Gasteiger partial charge is 0.124 e. The molecule has 3 heterocycles. The van der Waals surface area contributed by atoms with Crippen molar-refractivity contribution in [1.82, 2.24) is 14.1 Å². The van der Waals surface area contributed by atoms with Crippen LogP contribution in [0, 0.1) is 0 Å². The number of hydrogen-bond donors (Lipinski definition) is 0. The summed E-state index contributed by atoms with van der Waals surface area (Å²) in [4.78, 5) is 9.90. The quantitative estimate of drug-likeness (QED) is 0.145. The molecule has 0 N–H and O–H groups in total. The molecule has 3 aromatic heterocycles. The highest BCUT2D eigenvalue weighted by Gasteiger charge is 2.20. The SMILES string of the molecule is c1ccc(N(c2ccc(-c3nc4ccc(N(c5ccccc5)c5ccc6c(c5)c5ccccc5n6-c5ccccc5)cc4s3)cc2)c2ccc3c(c2)c2ccccc2n3-c2ccccc2)cc1. The Labute approximate surface area is 391 Å². The summed E-state index contributed by atoms with van der Waals surface area (Å²) in [6, 6.07) is 89.2. The van der Waals surface area contributed by atoms with Gasteiger partial charge in [-0.3, -0.25) is 0 Å². The summed E-state index contributed by atoms with van der Waals surface area (Å²) in [5, 5.41) is 5.87. The average Bonchev–Trinajstić information content (AvgIpc) is 4.08. The van der Waals surface area contributed by atoms with Gasteiger partial charge >= 0.3 is 0 Å². The lowest BCUT2D eigenvalue weighted by atomic mass is 10.1. The van der Waals surface area contributed by atoms with Crippen molar-refractivity contribution < 1.29 is 0 Å². The van der Waals surface area contributed by atoms with Crippen molar-refractivity contribution in [3.63, 3.8) is 0 Å². The summed E-state index contributed by atoms with van der Waals surface area (Å²) in [6.07, 6.45) is 0. The van der Waals surface area contributed by atoms with Crippen LogP contribution < -0.4 is 9.80 Å². The Kier molecular flexibility index (Phi) is 9.29. The van der Waals surface area contributed by atoms with Crippen LogP contribution in [0.4, 0.5) is 34.1 Å². The van der Waals surface area contributed by atoms with Gasteiger partial charge in [0.25, 0.3) is 0 Å². The molecule has 0 unspecified atom stereocenters. The predicted octanol–water partition coefficient (Wildman–Crippen LogP) is 17.1. The van der Waals surface area contributed by atoms with E-state index in [0.717, 1.165) is 66.3 Å². The van der Waals surface area contributed by atoms with Crippen LogP contribution in [0.5, 0.6) is 0 Å². The largest absolute Gasteiger partial charge is 0.310 e. The number of nitrogens with zero attached hydrogens (tertiary/aromatic N) is 5. The number of hydrogen-bond acceptors (Lipinski definition) is 4. The summed E-state index contributed by atoms with van der Waals surface area (Å²) in [5.41, 5.74) is 15.6. The van der Waals surface area contributed by atoms with Gasteiger partial charge in [-0.05, 0) is 140 Å². The monoisotopic (exact) mass is 875 g/mol. The van der Waals surface area contributed by atoms with E-state index in [9.17, 15) is 0 Å². The number of aromatic nitrogens is 3. The van der Waals surface area contributed by atoms with Gasteiger partial charge in [0.05, 0.1) is 32.3 Å². The first-order chi connectivity index (χ1) is 33.2. The Hall–Kier alpha value is -8.71. The second-order valence-electron chi connectivity index (χ2n) is 16.8.